The average Bonchev–Trinajstić information content (AvgIpc) is 2.43. The predicted octanol–water partition coefficient (Wildman–Crippen LogP) is 3.12. The van der Waals surface area contributed by atoms with Crippen LogP contribution in [-0.4, -0.2) is 32.5 Å². The smallest absolute Gasteiger partial charge is 0.253 e. The van der Waals surface area contributed by atoms with Gasteiger partial charge < -0.3 is 15.5 Å². The van der Waals surface area contributed by atoms with Crippen molar-refractivity contribution in [1.29, 1.82) is 0 Å². The highest BCUT2D eigenvalue weighted by atomic mass is 16.2. The van der Waals surface area contributed by atoms with Gasteiger partial charge in [0.05, 0.1) is 5.56 Å². The van der Waals surface area contributed by atoms with Crippen LogP contribution in [0.3, 0.4) is 0 Å². The van der Waals surface area contributed by atoms with Gasteiger partial charge in [-0.2, -0.15) is 0 Å². The Labute approximate surface area is 139 Å². The Morgan fingerprint density at radius 1 is 1.09 bits per heavy atom. The lowest BCUT2D eigenvalue weighted by Crippen LogP contribution is -2.29. The SMILES string of the molecule is CC(C)CNC(=O)c1cc(NC(=O)CC(C)C)ccc1N(C)C. The monoisotopic (exact) mass is 319 g/mol. The fourth-order valence-electron chi connectivity index (χ4n) is 2.16. The predicted molar refractivity (Wildman–Crippen MR) is 96.0 cm³/mol. The van der Waals surface area contributed by atoms with Crippen molar-refractivity contribution >= 4 is 23.2 Å². The Kier molecular flexibility index (Phi) is 7.07. The largest absolute Gasteiger partial charge is 0.377 e. The van der Waals surface area contributed by atoms with Gasteiger partial charge in [-0.3, -0.25) is 9.59 Å². The van der Waals surface area contributed by atoms with Crippen molar-refractivity contribution in [3.63, 3.8) is 0 Å². The fraction of sp³-hybridized carbons (Fsp3) is 0.556. The first-order chi connectivity index (χ1) is 10.7. The summed E-state index contributed by atoms with van der Waals surface area (Å²) in [6.07, 6.45) is 0.463. The summed E-state index contributed by atoms with van der Waals surface area (Å²) in [7, 11) is 3.79. The second-order valence-corrected chi connectivity index (χ2v) is 6.88. The van der Waals surface area contributed by atoms with E-state index < -0.39 is 0 Å². The number of amides is 2. The van der Waals surface area contributed by atoms with Crippen LogP contribution in [0.5, 0.6) is 0 Å². The van der Waals surface area contributed by atoms with Crippen LogP contribution >= 0.6 is 0 Å². The Morgan fingerprint density at radius 2 is 1.74 bits per heavy atom. The molecule has 0 radical (unpaired) electrons. The number of benzene rings is 1. The van der Waals surface area contributed by atoms with Crippen LogP contribution in [0.1, 0.15) is 44.5 Å². The van der Waals surface area contributed by atoms with Crippen LogP contribution in [0.2, 0.25) is 0 Å². The molecule has 5 nitrogen and oxygen atoms in total. The first-order valence-electron chi connectivity index (χ1n) is 8.10. The topological polar surface area (TPSA) is 61.4 Å². The molecule has 2 amide bonds. The molecule has 0 fully saturated rings. The molecule has 1 aromatic rings. The lowest BCUT2D eigenvalue weighted by molar-refractivity contribution is -0.116. The van der Waals surface area contributed by atoms with Gasteiger partial charge in [0.2, 0.25) is 5.91 Å². The molecule has 0 heterocycles. The first-order valence-corrected chi connectivity index (χ1v) is 8.10. The van der Waals surface area contributed by atoms with Crippen LogP contribution in [0.4, 0.5) is 11.4 Å². The minimum absolute atomic E-state index is 0.0360. The number of nitrogens with one attached hydrogen (secondary N) is 2. The number of rotatable bonds is 7. The highest BCUT2D eigenvalue weighted by molar-refractivity contribution is 6.02. The molecule has 0 saturated heterocycles. The van der Waals surface area contributed by atoms with E-state index in [1.807, 2.05) is 45.0 Å². The van der Waals surface area contributed by atoms with E-state index in [0.717, 1.165) is 5.69 Å². The Balaban J connectivity index is 2.98. The van der Waals surface area contributed by atoms with Crippen LogP contribution in [0.15, 0.2) is 18.2 Å². The number of carbonyl (C=O) groups is 2. The molecule has 128 valence electrons. The van der Waals surface area contributed by atoms with E-state index >= 15 is 0 Å². The highest BCUT2D eigenvalue weighted by Gasteiger charge is 2.15. The minimum Gasteiger partial charge on any atom is -0.377 e. The summed E-state index contributed by atoms with van der Waals surface area (Å²) in [6, 6.07) is 5.42. The van der Waals surface area contributed by atoms with Crippen LogP contribution in [-0.2, 0) is 4.79 Å². The second kappa shape index (κ2) is 8.56. The van der Waals surface area contributed by atoms with Gasteiger partial charge in [0, 0.05) is 38.4 Å². The third-order valence-corrected chi connectivity index (χ3v) is 3.27. The first kappa shape index (κ1) is 19.0. The molecule has 0 bridgehead atoms. The number of hydrogen-bond donors (Lipinski definition) is 2. The molecule has 5 heteroatoms. The van der Waals surface area contributed by atoms with Crippen molar-refractivity contribution in [2.45, 2.75) is 34.1 Å². The van der Waals surface area contributed by atoms with Gasteiger partial charge in [0.1, 0.15) is 0 Å². The Morgan fingerprint density at radius 3 is 2.26 bits per heavy atom. The molecule has 1 rings (SSSR count). The van der Waals surface area contributed by atoms with Gasteiger partial charge in [0.25, 0.3) is 5.91 Å². The molecule has 0 aliphatic heterocycles. The van der Waals surface area contributed by atoms with Crippen molar-refractivity contribution in [1.82, 2.24) is 5.32 Å². The molecule has 0 aromatic heterocycles. The van der Waals surface area contributed by atoms with Gasteiger partial charge >= 0.3 is 0 Å². The molecular formula is C18H29N3O2. The average molecular weight is 319 g/mol. The summed E-state index contributed by atoms with van der Waals surface area (Å²) in [5.41, 5.74) is 2.04. The minimum atomic E-state index is -0.123. The highest BCUT2D eigenvalue weighted by Crippen LogP contribution is 2.23. The van der Waals surface area contributed by atoms with Crippen molar-refractivity contribution in [3.8, 4) is 0 Å². The maximum absolute atomic E-state index is 12.4. The molecule has 23 heavy (non-hydrogen) atoms. The van der Waals surface area contributed by atoms with Crippen molar-refractivity contribution in [3.05, 3.63) is 23.8 Å². The zero-order valence-corrected chi connectivity index (χ0v) is 15.1. The third kappa shape index (κ3) is 6.30. The van der Waals surface area contributed by atoms with E-state index in [1.54, 1.807) is 6.07 Å². The molecule has 0 atom stereocenters. The van der Waals surface area contributed by atoms with Gasteiger partial charge in [-0.25, -0.2) is 0 Å². The summed E-state index contributed by atoms with van der Waals surface area (Å²) >= 11 is 0. The van der Waals surface area contributed by atoms with Crippen LogP contribution < -0.4 is 15.5 Å². The van der Waals surface area contributed by atoms with E-state index in [4.69, 9.17) is 0 Å². The van der Waals surface area contributed by atoms with Gasteiger partial charge in [0.15, 0.2) is 0 Å². The summed E-state index contributed by atoms with van der Waals surface area (Å²) < 4.78 is 0. The van der Waals surface area contributed by atoms with Gasteiger partial charge in [-0.05, 0) is 30.0 Å². The van der Waals surface area contributed by atoms with E-state index in [9.17, 15) is 9.59 Å². The second-order valence-electron chi connectivity index (χ2n) is 6.88. The zero-order chi connectivity index (χ0) is 17.6. The Hall–Kier alpha value is -2.04. The van der Waals surface area contributed by atoms with Gasteiger partial charge in [-0.1, -0.05) is 27.7 Å². The summed E-state index contributed by atoms with van der Waals surface area (Å²) in [6.45, 7) is 8.72. The quantitative estimate of drug-likeness (QED) is 0.812. The fourth-order valence-corrected chi connectivity index (χ4v) is 2.16. The molecule has 0 spiro atoms. The van der Waals surface area contributed by atoms with Crippen molar-refractivity contribution in [2.75, 3.05) is 30.9 Å². The van der Waals surface area contributed by atoms with Crippen LogP contribution in [0.25, 0.3) is 0 Å². The van der Waals surface area contributed by atoms with Crippen LogP contribution in [0, 0.1) is 11.8 Å². The number of carbonyl (C=O) groups excluding carboxylic acids is 2. The molecule has 0 saturated carbocycles. The van der Waals surface area contributed by atoms with Crippen molar-refractivity contribution in [2.24, 2.45) is 11.8 Å². The summed E-state index contributed by atoms with van der Waals surface area (Å²) in [4.78, 5) is 26.2. The summed E-state index contributed by atoms with van der Waals surface area (Å²) in [5.74, 6) is 0.522. The van der Waals surface area contributed by atoms with E-state index in [-0.39, 0.29) is 11.8 Å². The van der Waals surface area contributed by atoms with E-state index in [0.29, 0.717) is 36.1 Å². The maximum atomic E-state index is 12.4. The number of nitrogens with zero attached hydrogens (tertiary/aromatic N) is 1. The maximum Gasteiger partial charge on any atom is 0.253 e. The lowest BCUT2D eigenvalue weighted by atomic mass is 10.1. The van der Waals surface area contributed by atoms with Gasteiger partial charge in [-0.15, -0.1) is 0 Å². The molecule has 0 aliphatic carbocycles. The number of hydrogen-bond acceptors (Lipinski definition) is 3. The zero-order valence-electron chi connectivity index (χ0n) is 15.1. The normalized spacial score (nSPS) is 10.8. The molecular weight excluding hydrogens is 290 g/mol. The van der Waals surface area contributed by atoms with E-state index in [2.05, 4.69) is 24.5 Å². The Bertz CT molecular complexity index is 551. The van der Waals surface area contributed by atoms with E-state index in [1.165, 1.54) is 0 Å². The number of anilines is 2. The molecule has 1 aromatic carbocycles. The molecule has 0 aliphatic rings. The standard InChI is InChI=1S/C18H29N3O2/c1-12(2)9-17(22)20-14-7-8-16(21(5)6)15(10-14)18(23)19-11-13(3)4/h7-8,10,12-13H,9,11H2,1-6H3,(H,19,23)(H,20,22). The third-order valence-electron chi connectivity index (χ3n) is 3.27. The lowest BCUT2D eigenvalue weighted by Gasteiger charge is -2.19. The summed E-state index contributed by atoms with van der Waals surface area (Å²) in [5, 5.41) is 5.79. The molecule has 0 unspecified atom stereocenters. The van der Waals surface area contributed by atoms with Crippen molar-refractivity contribution < 1.29 is 9.59 Å². The molecule has 2 N–H and O–H groups in total.